The summed E-state index contributed by atoms with van der Waals surface area (Å²) >= 11 is 0. The Morgan fingerprint density at radius 2 is 1.68 bits per heavy atom. The van der Waals surface area contributed by atoms with Crippen LogP contribution in [0.15, 0.2) is 60.7 Å². The Kier molecular flexibility index (Phi) is 6.37. The average Bonchev–Trinajstić information content (AvgIpc) is 2.67. The number of carbonyl (C=O) groups excluding carboxylic acids is 1. The molecule has 1 heterocycles. The van der Waals surface area contributed by atoms with Gasteiger partial charge in [0.25, 0.3) is 0 Å². The lowest BCUT2D eigenvalue weighted by molar-refractivity contribution is -0.116. The molecule has 2 aromatic carbocycles. The Morgan fingerprint density at radius 1 is 1.00 bits per heavy atom. The molecule has 0 saturated carbocycles. The third kappa shape index (κ3) is 5.85. The first-order chi connectivity index (χ1) is 12.3. The van der Waals surface area contributed by atoms with Crippen LogP contribution in [0.2, 0.25) is 0 Å². The summed E-state index contributed by atoms with van der Waals surface area (Å²) in [4.78, 5) is 14.3. The van der Waals surface area contributed by atoms with Gasteiger partial charge in [0.2, 0.25) is 5.91 Å². The molecule has 1 N–H and O–H groups in total. The molecule has 0 atom stereocenters. The molecule has 1 aliphatic rings. The summed E-state index contributed by atoms with van der Waals surface area (Å²) in [5, 5.41) is 2.92. The number of hydrogen-bond acceptors (Lipinski definition) is 3. The summed E-state index contributed by atoms with van der Waals surface area (Å²) < 4.78 is 5.37. The molecule has 4 heteroatoms. The first kappa shape index (κ1) is 17.4. The van der Waals surface area contributed by atoms with E-state index < -0.39 is 0 Å². The van der Waals surface area contributed by atoms with Gasteiger partial charge in [0, 0.05) is 32.3 Å². The fourth-order valence-electron chi connectivity index (χ4n) is 2.76. The predicted octanol–water partition coefficient (Wildman–Crippen LogP) is 2.85. The number of morpholine rings is 1. The van der Waals surface area contributed by atoms with Crippen LogP contribution in [0, 0.1) is 0 Å². The monoisotopic (exact) mass is 336 g/mol. The van der Waals surface area contributed by atoms with E-state index in [0.29, 0.717) is 6.54 Å². The highest BCUT2D eigenvalue weighted by atomic mass is 16.5. The van der Waals surface area contributed by atoms with Gasteiger partial charge in [-0.25, -0.2) is 0 Å². The molecule has 1 saturated heterocycles. The fraction of sp³-hybridized carbons (Fsp3) is 0.286. The summed E-state index contributed by atoms with van der Waals surface area (Å²) in [6, 6.07) is 18.2. The zero-order chi connectivity index (χ0) is 17.3. The second kappa shape index (κ2) is 9.16. The van der Waals surface area contributed by atoms with Crippen LogP contribution in [0.1, 0.15) is 16.7 Å². The van der Waals surface area contributed by atoms with Crippen molar-refractivity contribution in [2.24, 2.45) is 0 Å². The molecule has 0 radical (unpaired) electrons. The van der Waals surface area contributed by atoms with E-state index in [1.165, 1.54) is 5.56 Å². The molecular formula is C21H24N2O2. The van der Waals surface area contributed by atoms with Gasteiger partial charge in [-0.2, -0.15) is 0 Å². The third-order valence-corrected chi connectivity index (χ3v) is 4.23. The van der Waals surface area contributed by atoms with Crippen LogP contribution in [0.3, 0.4) is 0 Å². The molecule has 4 nitrogen and oxygen atoms in total. The summed E-state index contributed by atoms with van der Waals surface area (Å²) in [5.74, 6) is -0.0822. The highest BCUT2D eigenvalue weighted by Crippen LogP contribution is 2.09. The van der Waals surface area contributed by atoms with Gasteiger partial charge in [0.05, 0.1) is 13.2 Å². The van der Waals surface area contributed by atoms with E-state index in [4.69, 9.17) is 4.74 Å². The number of nitrogens with one attached hydrogen (secondary N) is 1. The van der Waals surface area contributed by atoms with Gasteiger partial charge in [-0.1, -0.05) is 54.6 Å². The zero-order valence-electron chi connectivity index (χ0n) is 14.4. The van der Waals surface area contributed by atoms with Crippen LogP contribution < -0.4 is 5.32 Å². The summed E-state index contributed by atoms with van der Waals surface area (Å²) in [5.41, 5.74) is 3.42. The van der Waals surface area contributed by atoms with E-state index in [0.717, 1.165) is 44.0 Å². The molecule has 0 aliphatic carbocycles. The van der Waals surface area contributed by atoms with Gasteiger partial charge < -0.3 is 10.1 Å². The standard InChI is InChI=1S/C21H24N2O2/c24-21(11-10-18-4-2-1-3-5-18)22-16-19-6-8-20(9-7-19)17-23-12-14-25-15-13-23/h1-11H,12-17H2,(H,22,24). The molecule has 1 fully saturated rings. The molecule has 0 unspecified atom stereocenters. The lowest BCUT2D eigenvalue weighted by atomic mass is 10.1. The lowest BCUT2D eigenvalue weighted by Crippen LogP contribution is -2.35. The number of nitrogens with zero attached hydrogens (tertiary/aromatic N) is 1. The molecular weight excluding hydrogens is 312 g/mol. The maximum Gasteiger partial charge on any atom is 0.244 e. The van der Waals surface area contributed by atoms with Gasteiger partial charge in [-0.05, 0) is 22.8 Å². The maximum atomic E-state index is 11.9. The number of ether oxygens (including phenoxy) is 1. The Labute approximate surface area is 149 Å². The van der Waals surface area contributed by atoms with Crippen molar-refractivity contribution in [1.29, 1.82) is 0 Å². The predicted molar refractivity (Wildman–Crippen MR) is 99.9 cm³/mol. The van der Waals surface area contributed by atoms with E-state index in [1.54, 1.807) is 6.08 Å². The second-order valence-electron chi connectivity index (χ2n) is 6.17. The van der Waals surface area contributed by atoms with Gasteiger partial charge in [-0.3, -0.25) is 9.69 Å². The molecule has 1 amide bonds. The van der Waals surface area contributed by atoms with E-state index in [-0.39, 0.29) is 5.91 Å². The minimum atomic E-state index is -0.0822. The number of amides is 1. The first-order valence-electron chi connectivity index (χ1n) is 8.68. The van der Waals surface area contributed by atoms with E-state index >= 15 is 0 Å². The third-order valence-electron chi connectivity index (χ3n) is 4.23. The summed E-state index contributed by atoms with van der Waals surface area (Å²) in [6.45, 7) is 5.12. The first-order valence-corrected chi connectivity index (χ1v) is 8.68. The smallest absolute Gasteiger partial charge is 0.244 e. The number of benzene rings is 2. The van der Waals surface area contributed by atoms with Gasteiger partial charge in [0.1, 0.15) is 0 Å². The van der Waals surface area contributed by atoms with Crippen LogP contribution in [-0.2, 0) is 22.6 Å². The number of rotatable bonds is 6. The van der Waals surface area contributed by atoms with Crippen molar-refractivity contribution in [3.63, 3.8) is 0 Å². The molecule has 1 aliphatic heterocycles. The van der Waals surface area contributed by atoms with Crippen molar-refractivity contribution in [2.75, 3.05) is 26.3 Å². The Balaban J connectivity index is 1.45. The van der Waals surface area contributed by atoms with Crippen molar-refractivity contribution in [3.8, 4) is 0 Å². The lowest BCUT2D eigenvalue weighted by Gasteiger charge is -2.26. The highest BCUT2D eigenvalue weighted by molar-refractivity contribution is 5.91. The second-order valence-corrected chi connectivity index (χ2v) is 6.17. The minimum Gasteiger partial charge on any atom is -0.379 e. The SMILES string of the molecule is O=C(C=Cc1ccccc1)NCc1ccc(CN2CCOCC2)cc1. The van der Waals surface area contributed by atoms with Crippen LogP contribution in [0.4, 0.5) is 0 Å². The largest absolute Gasteiger partial charge is 0.379 e. The summed E-state index contributed by atoms with van der Waals surface area (Å²) in [7, 11) is 0. The van der Waals surface area contributed by atoms with Crippen molar-refractivity contribution >= 4 is 12.0 Å². The molecule has 2 aromatic rings. The van der Waals surface area contributed by atoms with Gasteiger partial charge >= 0.3 is 0 Å². The van der Waals surface area contributed by atoms with Gasteiger partial charge in [0.15, 0.2) is 0 Å². The Morgan fingerprint density at radius 3 is 2.40 bits per heavy atom. The topological polar surface area (TPSA) is 41.6 Å². The summed E-state index contributed by atoms with van der Waals surface area (Å²) in [6.07, 6.45) is 3.39. The fourth-order valence-corrected chi connectivity index (χ4v) is 2.76. The number of carbonyl (C=O) groups is 1. The molecule has 0 bridgehead atoms. The van der Waals surface area contributed by atoms with E-state index in [2.05, 4.69) is 34.5 Å². The molecule has 0 spiro atoms. The molecule has 130 valence electrons. The van der Waals surface area contributed by atoms with Crippen LogP contribution in [0.25, 0.3) is 6.08 Å². The Bertz CT molecular complexity index is 690. The Hall–Kier alpha value is -2.43. The highest BCUT2D eigenvalue weighted by Gasteiger charge is 2.10. The minimum absolute atomic E-state index is 0.0822. The number of hydrogen-bond donors (Lipinski definition) is 1. The van der Waals surface area contributed by atoms with Crippen molar-refractivity contribution in [2.45, 2.75) is 13.1 Å². The quantitative estimate of drug-likeness (QED) is 0.825. The average molecular weight is 336 g/mol. The van der Waals surface area contributed by atoms with Crippen molar-refractivity contribution in [3.05, 3.63) is 77.4 Å². The normalized spacial score (nSPS) is 15.4. The van der Waals surface area contributed by atoms with Crippen molar-refractivity contribution < 1.29 is 9.53 Å². The molecule has 3 rings (SSSR count). The van der Waals surface area contributed by atoms with Crippen LogP contribution >= 0.6 is 0 Å². The zero-order valence-corrected chi connectivity index (χ0v) is 14.4. The molecule has 0 aromatic heterocycles. The van der Waals surface area contributed by atoms with E-state index in [9.17, 15) is 4.79 Å². The maximum absolute atomic E-state index is 11.9. The van der Waals surface area contributed by atoms with Crippen molar-refractivity contribution in [1.82, 2.24) is 10.2 Å². The van der Waals surface area contributed by atoms with Crippen LogP contribution in [-0.4, -0.2) is 37.1 Å². The van der Waals surface area contributed by atoms with Gasteiger partial charge in [-0.15, -0.1) is 0 Å². The van der Waals surface area contributed by atoms with E-state index in [1.807, 2.05) is 36.4 Å². The molecule has 25 heavy (non-hydrogen) atoms. The van der Waals surface area contributed by atoms with Crippen LogP contribution in [0.5, 0.6) is 0 Å².